The Morgan fingerprint density at radius 3 is 2.47 bits per heavy atom. The first kappa shape index (κ1) is 14.2. The van der Waals surface area contributed by atoms with Crippen molar-refractivity contribution in [3.05, 3.63) is 0 Å². The van der Waals surface area contributed by atoms with Gasteiger partial charge in [-0.05, 0) is 11.5 Å². The van der Waals surface area contributed by atoms with Crippen LogP contribution in [-0.2, 0) is 19.7 Å². The molecule has 6 nitrogen and oxygen atoms in total. The number of rotatable bonds is 9. The van der Waals surface area contributed by atoms with Gasteiger partial charge in [0.05, 0.1) is 6.61 Å². The van der Waals surface area contributed by atoms with E-state index in [-0.39, 0.29) is 0 Å². The molecule has 0 spiro atoms. The highest BCUT2D eigenvalue weighted by Gasteiger charge is 2.03. The largest absolute Gasteiger partial charge is 0.575 e. The third kappa shape index (κ3) is 11.1. The number of hydrogen-bond acceptors (Lipinski definition) is 6. The molecule has 15 heavy (non-hydrogen) atoms. The highest BCUT2D eigenvalue weighted by molar-refractivity contribution is 5.57. The third-order valence-electron chi connectivity index (χ3n) is 1.81. The molecule has 0 aliphatic rings. The first-order valence-corrected chi connectivity index (χ1v) is 5.12. The summed E-state index contributed by atoms with van der Waals surface area (Å²) in [5, 5.41) is 11.7. The van der Waals surface area contributed by atoms with Crippen LogP contribution in [0.5, 0.6) is 0 Å². The van der Waals surface area contributed by atoms with Crippen LogP contribution in [0.25, 0.3) is 0 Å². The van der Waals surface area contributed by atoms with E-state index in [1.54, 1.807) is 0 Å². The molecule has 0 heterocycles. The molecule has 0 amide bonds. The Kier molecular flexibility index (Phi) is 10.6. The normalized spacial score (nSPS) is 10.0. The van der Waals surface area contributed by atoms with Crippen LogP contribution >= 0.6 is 0 Å². The molecule has 0 radical (unpaired) electrons. The minimum absolute atomic E-state index is 0.338. The van der Waals surface area contributed by atoms with Crippen molar-refractivity contribution in [2.45, 2.75) is 45.4 Å². The fourth-order valence-electron chi connectivity index (χ4n) is 1.04. The van der Waals surface area contributed by atoms with Crippen LogP contribution in [0.2, 0.25) is 0 Å². The summed E-state index contributed by atoms with van der Waals surface area (Å²) < 4.78 is 0. The van der Waals surface area contributed by atoms with Crippen molar-refractivity contribution < 1.29 is 29.8 Å². The molecule has 0 aliphatic carbocycles. The van der Waals surface area contributed by atoms with Gasteiger partial charge in [-0.15, -0.1) is 0 Å². The summed E-state index contributed by atoms with van der Waals surface area (Å²) >= 11 is 0. The van der Waals surface area contributed by atoms with Crippen LogP contribution in [0.4, 0.5) is 4.79 Å². The van der Waals surface area contributed by atoms with Crippen molar-refractivity contribution >= 4 is 6.16 Å². The average Bonchev–Trinajstić information content (AvgIpc) is 2.26. The van der Waals surface area contributed by atoms with Crippen molar-refractivity contribution in [1.82, 2.24) is 0 Å². The zero-order valence-corrected chi connectivity index (χ0v) is 8.94. The predicted molar refractivity (Wildman–Crippen MR) is 50.6 cm³/mol. The number of unbranched alkanes of at least 4 members (excludes halogenated alkanes) is 5. The lowest BCUT2D eigenvalue weighted by Crippen LogP contribution is -2.06. The van der Waals surface area contributed by atoms with E-state index in [9.17, 15) is 4.79 Å². The van der Waals surface area contributed by atoms with Gasteiger partial charge >= 0.3 is 6.16 Å². The summed E-state index contributed by atoms with van der Waals surface area (Å²) in [5.74, 6) is 0. The zero-order valence-electron chi connectivity index (χ0n) is 8.94. The van der Waals surface area contributed by atoms with Crippen LogP contribution in [0.1, 0.15) is 45.4 Å². The van der Waals surface area contributed by atoms with E-state index in [2.05, 4.69) is 26.6 Å². The van der Waals surface area contributed by atoms with Crippen LogP contribution in [0.15, 0.2) is 0 Å². The van der Waals surface area contributed by atoms with Gasteiger partial charge in [-0.1, -0.05) is 39.0 Å². The second-order valence-corrected chi connectivity index (χ2v) is 3.08. The first-order valence-electron chi connectivity index (χ1n) is 5.12. The van der Waals surface area contributed by atoms with Crippen molar-refractivity contribution in [3.8, 4) is 0 Å². The highest BCUT2D eigenvalue weighted by atomic mass is 17.5. The molecule has 0 aliphatic heterocycles. The van der Waals surface area contributed by atoms with Crippen molar-refractivity contribution in [2.75, 3.05) is 6.61 Å². The van der Waals surface area contributed by atoms with Gasteiger partial charge in [0.2, 0.25) is 0 Å². The number of carbonyl (C=O) groups is 1. The van der Waals surface area contributed by atoms with E-state index in [0.29, 0.717) is 6.61 Å². The lowest BCUT2D eigenvalue weighted by Gasteiger charge is -2.01. The Bertz CT molecular complexity index is 150. The number of carbonyl (C=O) groups excluding carboxylic acids is 1. The minimum Gasteiger partial charge on any atom is -0.260 e. The average molecular weight is 222 g/mol. The summed E-state index contributed by atoms with van der Waals surface area (Å²) in [4.78, 5) is 21.6. The van der Waals surface area contributed by atoms with Gasteiger partial charge in [0.1, 0.15) is 0 Å². The van der Waals surface area contributed by atoms with E-state index in [1.807, 2.05) is 0 Å². The molecule has 0 saturated heterocycles. The fraction of sp³-hybridized carbons (Fsp3) is 0.889. The van der Waals surface area contributed by atoms with Gasteiger partial charge in [0, 0.05) is 0 Å². The van der Waals surface area contributed by atoms with Crippen molar-refractivity contribution in [3.63, 3.8) is 0 Å². The molecular weight excluding hydrogens is 204 g/mol. The van der Waals surface area contributed by atoms with Gasteiger partial charge in [0.25, 0.3) is 0 Å². The molecule has 0 bridgehead atoms. The van der Waals surface area contributed by atoms with Crippen molar-refractivity contribution in [1.29, 1.82) is 0 Å². The van der Waals surface area contributed by atoms with Gasteiger partial charge in [-0.2, -0.15) is 14.9 Å². The predicted octanol–water partition coefficient (Wildman–Crippen LogP) is 2.84. The van der Waals surface area contributed by atoms with Gasteiger partial charge in [-0.3, -0.25) is 4.89 Å². The molecule has 0 atom stereocenters. The molecule has 0 unspecified atom stereocenters. The molecule has 0 aromatic heterocycles. The van der Waals surface area contributed by atoms with E-state index >= 15 is 0 Å². The van der Waals surface area contributed by atoms with Gasteiger partial charge in [-0.25, -0.2) is 4.89 Å². The van der Waals surface area contributed by atoms with Gasteiger partial charge < -0.3 is 0 Å². The maximum atomic E-state index is 10.1. The van der Waals surface area contributed by atoms with Crippen LogP contribution in [0, 0.1) is 0 Å². The Morgan fingerprint density at radius 1 is 1.13 bits per heavy atom. The lowest BCUT2D eigenvalue weighted by atomic mass is 10.1. The molecule has 0 aromatic carbocycles. The standard InChI is InChI=1S/C9H18O6/c1-2-3-4-5-6-7-8-12-15-14-9(10)13-11/h11H,2-8H2,1H3. The Balaban J connectivity index is 2.95. The summed E-state index contributed by atoms with van der Waals surface area (Å²) in [6.45, 7) is 2.50. The number of hydrogen-bond donors (Lipinski definition) is 1. The Labute approximate surface area is 88.9 Å². The molecule has 0 aromatic rings. The van der Waals surface area contributed by atoms with Crippen molar-refractivity contribution in [2.24, 2.45) is 0 Å². The third-order valence-corrected chi connectivity index (χ3v) is 1.81. The summed E-state index contributed by atoms with van der Waals surface area (Å²) in [6, 6.07) is 0. The minimum atomic E-state index is -1.36. The van der Waals surface area contributed by atoms with E-state index < -0.39 is 6.16 Å². The van der Waals surface area contributed by atoms with Crippen LogP contribution < -0.4 is 0 Å². The molecule has 1 N–H and O–H groups in total. The Hall–Kier alpha value is -0.850. The lowest BCUT2D eigenvalue weighted by molar-refractivity contribution is -0.492. The molecular formula is C9H18O6. The second-order valence-electron chi connectivity index (χ2n) is 3.08. The monoisotopic (exact) mass is 222 g/mol. The molecule has 6 heteroatoms. The fourth-order valence-corrected chi connectivity index (χ4v) is 1.04. The topological polar surface area (TPSA) is 74.2 Å². The molecule has 0 rings (SSSR count). The van der Waals surface area contributed by atoms with E-state index in [0.717, 1.165) is 19.3 Å². The van der Waals surface area contributed by atoms with Gasteiger partial charge in [0.15, 0.2) is 0 Å². The summed E-state index contributed by atoms with van der Waals surface area (Å²) in [7, 11) is 0. The summed E-state index contributed by atoms with van der Waals surface area (Å²) in [5.41, 5.74) is 0. The van der Waals surface area contributed by atoms with Crippen LogP contribution in [0.3, 0.4) is 0 Å². The maximum absolute atomic E-state index is 10.1. The van der Waals surface area contributed by atoms with E-state index in [4.69, 9.17) is 5.26 Å². The SMILES string of the molecule is CCCCCCCCOOOC(=O)OO. The quantitative estimate of drug-likeness (QED) is 0.367. The summed E-state index contributed by atoms with van der Waals surface area (Å²) in [6.07, 6.45) is 5.38. The molecule has 0 fully saturated rings. The smallest absolute Gasteiger partial charge is 0.260 e. The van der Waals surface area contributed by atoms with E-state index in [1.165, 1.54) is 19.3 Å². The maximum Gasteiger partial charge on any atom is 0.575 e. The second kappa shape index (κ2) is 11.2. The highest BCUT2D eigenvalue weighted by Crippen LogP contribution is 2.04. The molecule has 90 valence electrons. The Morgan fingerprint density at radius 2 is 1.80 bits per heavy atom. The first-order chi connectivity index (χ1) is 7.31. The molecule has 0 saturated carbocycles. The zero-order chi connectivity index (χ0) is 11.4. The van der Waals surface area contributed by atoms with Crippen LogP contribution in [-0.4, -0.2) is 18.0 Å².